The second kappa shape index (κ2) is 6.35. The fourth-order valence-electron chi connectivity index (χ4n) is 1.93. The Balaban J connectivity index is 1.87. The van der Waals surface area contributed by atoms with E-state index < -0.39 is 0 Å². The van der Waals surface area contributed by atoms with Gasteiger partial charge < -0.3 is 5.32 Å². The van der Waals surface area contributed by atoms with Crippen LogP contribution in [0.25, 0.3) is 0 Å². The highest BCUT2D eigenvalue weighted by atomic mass is 16.2. The van der Waals surface area contributed by atoms with Gasteiger partial charge >= 0.3 is 0 Å². The highest BCUT2D eigenvalue weighted by molar-refractivity contribution is 5.93. The number of carbonyl (C=O) groups excluding carboxylic acids is 2. The van der Waals surface area contributed by atoms with E-state index in [0.717, 1.165) is 16.9 Å². The Morgan fingerprint density at radius 1 is 1.10 bits per heavy atom. The van der Waals surface area contributed by atoms with Crippen LogP contribution in [-0.4, -0.2) is 21.6 Å². The summed E-state index contributed by atoms with van der Waals surface area (Å²) in [6.07, 6.45) is 1.89. The molecule has 0 saturated carbocycles. The lowest BCUT2D eigenvalue weighted by Crippen LogP contribution is -2.17. The fourth-order valence-corrected chi connectivity index (χ4v) is 1.93. The first-order valence-corrected chi connectivity index (χ1v) is 6.88. The minimum atomic E-state index is -0.182. The zero-order valence-electron chi connectivity index (χ0n) is 12.5. The number of rotatable bonds is 4. The zero-order valence-corrected chi connectivity index (χ0v) is 12.5. The number of aromatic nitrogens is 2. The van der Waals surface area contributed by atoms with Gasteiger partial charge in [-0.25, -0.2) is 4.68 Å². The van der Waals surface area contributed by atoms with Gasteiger partial charge in [-0.15, -0.1) is 0 Å². The Morgan fingerprint density at radius 3 is 2.48 bits per heavy atom. The quantitative estimate of drug-likeness (QED) is 0.939. The Hall–Kier alpha value is -2.43. The SMILES string of the molecule is Cc1ccn(C(=O)CCC(=O)Nc2ccc(C)c(C)c2)n1. The van der Waals surface area contributed by atoms with Gasteiger partial charge in [0, 0.05) is 24.7 Å². The van der Waals surface area contributed by atoms with E-state index in [9.17, 15) is 9.59 Å². The summed E-state index contributed by atoms with van der Waals surface area (Å²) >= 11 is 0. The predicted octanol–water partition coefficient (Wildman–Crippen LogP) is 2.87. The van der Waals surface area contributed by atoms with Crippen LogP contribution < -0.4 is 5.32 Å². The van der Waals surface area contributed by atoms with Crippen LogP contribution in [0.3, 0.4) is 0 Å². The molecule has 0 atom stereocenters. The van der Waals surface area contributed by atoms with Gasteiger partial charge in [-0.2, -0.15) is 5.10 Å². The lowest BCUT2D eigenvalue weighted by molar-refractivity contribution is -0.116. The van der Waals surface area contributed by atoms with Crippen molar-refractivity contribution >= 4 is 17.5 Å². The molecule has 2 aromatic rings. The highest BCUT2D eigenvalue weighted by Gasteiger charge is 2.10. The van der Waals surface area contributed by atoms with Crippen molar-refractivity contribution in [1.29, 1.82) is 0 Å². The number of hydrogen-bond acceptors (Lipinski definition) is 3. The molecule has 0 aliphatic heterocycles. The average molecular weight is 285 g/mol. The van der Waals surface area contributed by atoms with Crippen molar-refractivity contribution in [3.63, 3.8) is 0 Å². The van der Waals surface area contributed by atoms with Crippen molar-refractivity contribution in [2.75, 3.05) is 5.32 Å². The molecule has 1 amide bonds. The fraction of sp³-hybridized carbons (Fsp3) is 0.312. The molecule has 21 heavy (non-hydrogen) atoms. The summed E-state index contributed by atoms with van der Waals surface area (Å²) in [4.78, 5) is 23.7. The third kappa shape index (κ3) is 4.02. The third-order valence-electron chi connectivity index (χ3n) is 3.33. The lowest BCUT2D eigenvalue weighted by Gasteiger charge is -2.07. The van der Waals surface area contributed by atoms with Gasteiger partial charge in [-0.05, 0) is 50.1 Å². The first kappa shape index (κ1) is 15.0. The van der Waals surface area contributed by atoms with Gasteiger partial charge in [0.2, 0.25) is 11.8 Å². The minimum absolute atomic E-state index is 0.137. The molecular formula is C16H19N3O2. The average Bonchev–Trinajstić information content (AvgIpc) is 2.87. The van der Waals surface area contributed by atoms with Crippen molar-refractivity contribution in [3.05, 3.63) is 47.3 Å². The van der Waals surface area contributed by atoms with Crippen molar-refractivity contribution < 1.29 is 9.59 Å². The maximum atomic E-state index is 11.9. The van der Waals surface area contributed by atoms with Gasteiger partial charge in [-0.3, -0.25) is 9.59 Å². The number of amides is 1. The van der Waals surface area contributed by atoms with E-state index in [1.54, 1.807) is 12.3 Å². The normalized spacial score (nSPS) is 10.4. The van der Waals surface area contributed by atoms with E-state index in [0.29, 0.717) is 0 Å². The molecule has 0 bridgehead atoms. The number of aryl methyl sites for hydroxylation is 3. The molecule has 5 nitrogen and oxygen atoms in total. The van der Waals surface area contributed by atoms with Crippen LogP contribution in [0.1, 0.15) is 34.5 Å². The number of hydrogen-bond donors (Lipinski definition) is 1. The Kier molecular flexibility index (Phi) is 4.52. The van der Waals surface area contributed by atoms with Crippen LogP contribution in [0, 0.1) is 20.8 Å². The number of benzene rings is 1. The first-order chi connectivity index (χ1) is 9.95. The van der Waals surface area contributed by atoms with E-state index in [4.69, 9.17) is 0 Å². The van der Waals surface area contributed by atoms with Gasteiger partial charge in [0.05, 0.1) is 5.69 Å². The molecule has 0 aliphatic rings. The summed E-state index contributed by atoms with van der Waals surface area (Å²) in [6.45, 7) is 5.83. The zero-order chi connectivity index (χ0) is 15.4. The maximum Gasteiger partial charge on any atom is 0.247 e. The number of nitrogens with zero attached hydrogens (tertiary/aromatic N) is 2. The lowest BCUT2D eigenvalue weighted by atomic mass is 10.1. The van der Waals surface area contributed by atoms with E-state index in [2.05, 4.69) is 10.4 Å². The van der Waals surface area contributed by atoms with Crippen LogP contribution in [-0.2, 0) is 4.79 Å². The van der Waals surface area contributed by atoms with E-state index >= 15 is 0 Å². The van der Waals surface area contributed by atoms with Gasteiger partial charge in [0.15, 0.2) is 0 Å². The van der Waals surface area contributed by atoms with Crippen molar-refractivity contribution in [2.24, 2.45) is 0 Å². The minimum Gasteiger partial charge on any atom is -0.326 e. The summed E-state index contributed by atoms with van der Waals surface area (Å²) in [5, 5.41) is 6.83. The second-order valence-corrected chi connectivity index (χ2v) is 5.14. The molecular weight excluding hydrogens is 266 g/mol. The summed E-state index contributed by atoms with van der Waals surface area (Å²) < 4.78 is 1.28. The molecule has 1 heterocycles. The number of carbonyl (C=O) groups is 2. The van der Waals surface area contributed by atoms with Crippen molar-refractivity contribution in [1.82, 2.24) is 9.78 Å². The summed E-state index contributed by atoms with van der Waals surface area (Å²) in [5.74, 6) is -0.353. The Bertz CT molecular complexity index is 674. The number of anilines is 1. The summed E-state index contributed by atoms with van der Waals surface area (Å²) in [6, 6.07) is 7.50. The molecule has 2 rings (SSSR count). The standard InChI is InChI=1S/C16H19N3O2/c1-11-4-5-14(10-12(11)2)17-15(20)6-7-16(21)19-9-8-13(3)18-19/h4-5,8-10H,6-7H2,1-3H3,(H,17,20). The topological polar surface area (TPSA) is 64.0 Å². The van der Waals surface area contributed by atoms with E-state index in [-0.39, 0.29) is 24.7 Å². The van der Waals surface area contributed by atoms with Crippen molar-refractivity contribution in [2.45, 2.75) is 33.6 Å². The third-order valence-corrected chi connectivity index (χ3v) is 3.33. The van der Waals surface area contributed by atoms with E-state index in [1.165, 1.54) is 10.2 Å². The highest BCUT2D eigenvalue weighted by Crippen LogP contribution is 2.14. The largest absolute Gasteiger partial charge is 0.326 e. The van der Waals surface area contributed by atoms with Crippen LogP contribution >= 0.6 is 0 Å². The van der Waals surface area contributed by atoms with Crippen LogP contribution in [0.2, 0.25) is 0 Å². The molecule has 0 saturated heterocycles. The Morgan fingerprint density at radius 2 is 1.86 bits per heavy atom. The predicted molar refractivity (Wildman–Crippen MR) is 81.4 cm³/mol. The molecule has 1 N–H and O–H groups in total. The van der Waals surface area contributed by atoms with Crippen LogP contribution in [0.4, 0.5) is 5.69 Å². The molecule has 0 fully saturated rings. The molecule has 1 aromatic carbocycles. The van der Waals surface area contributed by atoms with Crippen LogP contribution in [0.5, 0.6) is 0 Å². The Labute approximate surface area is 124 Å². The second-order valence-electron chi connectivity index (χ2n) is 5.14. The molecule has 1 aromatic heterocycles. The van der Waals surface area contributed by atoms with Gasteiger partial charge in [0.1, 0.15) is 0 Å². The van der Waals surface area contributed by atoms with Crippen molar-refractivity contribution in [3.8, 4) is 0 Å². The smallest absolute Gasteiger partial charge is 0.247 e. The van der Waals surface area contributed by atoms with Gasteiger partial charge in [-0.1, -0.05) is 6.07 Å². The molecule has 0 unspecified atom stereocenters. The summed E-state index contributed by atoms with van der Waals surface area (Å²) in [7, 11) is 0. The molecule has 0 radical (unpaired) electrons. The maximum absolute atomic E-state index is 11.9. The molecule has 0 spiro atoms. The van der Waals surface area contributed by atoms with E-state index in [1.807, 2.05) is 39.0 Å². The number of nitrogens with one attached hydrogen (secondary N) is 1. The molecule has 5 heteroatoms. The van der Waals surface area contributed by atoms with Gasteiger partial charge in [0.25, 0.3) is 0 Å². The molecule has 110 valence electrons. The molecule has 0 aliphatic carbocycles. The first-order valence-electron chi connectivity index (χ1n) is 6.88. The van der Waals surface area contributed by atoms with Crippen LogP contribution in [0.15, 0.2) is 30.5 Å². The summed E-state index contributed by atoms with van der Waals surface area (Å²) in [5.41, 5.74) is 3.83. The monoisotopic (exact) mass is 285 g/mol.